The van der Waals surface area contributed by atoms with Gasteiger partial charge in [0.25, 0.3) is 5.91 Å². The van der Waals surface area contributed by atoms with Crippen molar-refractivity contribution < 1.29 is 19.1 Å². The predicted octanol–water partition coefficient (Wildman–Crippen LogP) is 3.51. The summed E-state index contributed by atoms with van der Waals surface area (Å²) in [5.41, 5.74) is 1.39. The zero-order valence-electron chi connectivity index (χ0n) is 14.5. The van der Waals surface area contributed by atoms with Gasteiger partial charge in [-0.15, -0.1) is 0 Å². The lowest BCUT2D eigenvalue weighted by molar-refractivity contribution is -0.125. The number of amides is 1. The van der Waals surface area contributed by atoms with Crippen LogP contribution >= 0.6 is 0 Å². The highest BCUT2D eigenvalue weighted by molar-refractivity contribution is 5.91. The Kier molecular flexibility index (Phi) is 7.01. The SMILES string of the molecule is CCC[C@H](NC(=O)COC(=O)c1cccc(OC)c1)c1ccccc1. The van der Waals surface area contributed by atoms with Gasteiger partial charge in [-0.05, 0) is 30.2 Å². The molecule has 1 N–H and O–H groups in total. The van der Waals surface area contributed by atoms with Crippen LogP contribution in [0.3, 0.4) is 0 Å². The Morgan fingerprint density at radius 2 is 1.84 bits per heavy atom. The molecule has 0 aliphatic rings. The van der Waals surface area contributed by atoms with Crippen LogP contribution in [0.15, 0.2) is 54.6 Å². The number of benzene rings is 2. The minimum Gasteiger partial charge on any atom is -0.497 e. The molecule has 2 aromatic carbocycles. The van der Waals surface area contributed by atoms with Crippen molar-refractivity contribution in [1.82, 2.24) is 5.32 Å². The summed E-state index contributed by atoms with van der Waals surface area (Å²) in [5, 5.41) is 2.92. The van der Waals surface area contributed by atoms with Gasteiger partial charge in [-0.1, -0.05) is 49.7 Å². The second-order valence-corrected chi connectivity index (χ2v) is 5.63. The summed E-state index contributed by atoms with van der Waals surface area (Å²) < 4.78 is 10.2. The highest BCUT2D eigenvalue weighted by Gasteiger charge is 2.16. The van der Waals surface area contributed by atoms with Crippen molar-refractivity contribution in [2.75, 3.05) is 13.7 Å². The molecule has 1 atom stereocenters. The lowest BCUT2D eigenvalue weighted by Gasteiger charge is -2.18. The first-order valence-electron chi connectivity index (χ1n) is 8.29. The molecule has 0 heterocycles. The largest absolute Gasteiger partial charge is 0.497 e. The minimum absolute atomic E-state index is 0.0887. The standard InChI is InChI=1S/C20H23NO4/c1-3-8-18(15-9-5-4-6-10-15)21-19(22)14-25-20(23)16-11-7-12-17(13-16)24-2/h4-7,9-13,18H,3,8,14H2,1-2H3,(H,21,22)/t18-/m0/s1. The molecule has 0 fully saturated rings. The van der Waals surface area contributed by atoms with Crippen molar-refractivity contribution in [2.24, 2.45) is 0 Å². The van der Waals surface area contributed by atoms with Crippen molar-refractivity contribution in [3.05, 3.63) is 65.7 Å². The maximum Gasteiger partial charge on any atom is 0.338 e. The van der Waals surface area contributed by atoms with Gasteiger partial charge in [0.2, 0.25) is 0 Å². The highest BCUT2D eigenvalue weighted by atomic mass is 16.5. The summed E-state index contributed by atoms with van der Waals surface area (Å²) in [6.45, 7) is 1.74. The molecule has 2 rings (SSSR count). The number of carbonyl (C=O) groups is 2. The monoisotopic (exact) mass is 341 g/mol. The molecule has 0 aliphatic carbocycles. The molecule has 5 heteroatoms. The molecule has 5 nitrogen and oxygen atoms in total. The molecule has 0 aromatic heterocycles. The summed E-state index contributed by atoms with van der Waals surface area (Å²) in [4.78, 5) is 24.2. The molecule has 25 heavy (non-hydrogen) atoms. The van der Waals surface area contributed by atoms with E-state index < -0.39 is 5.97 Å². The molecule has 0 bridgehead atoms. The third-order valence-electron chi connectivity index (χ3n) is 3.75. The summed E-state index contributed by atoms with van der Waals surface area (Å²) in [7, 11) is 1.52. The van der Waals surface area contributed by atoms with Crippen molar-refractivity contribution in [1.29, 1.82) is 0 Å². The normalized spacial score (nSPS) is 11.4. The average molecular weight is 341 g/mol. The first-order valence-corrected chi connectivity index (χ1v) is 8.29. The molecular weight excluding hydrogens is 318 g/mol. The number of nitrogens with one attached hydrogen (secondary N) is 1. The molecule has 0 aliphatic heterocycles. The first-order chi connectivity index (χ1) is 12.1. The van der Waals surface area contributed by atoms with Gasteiger partial charge in [0.1, 0.15) is 5.75 Å². The Hall–Kier alpha value is -2.82. The number of rotatable bonds is 8. The summed E-state index contributed by atoms with van der Waals surface area (Å²) in [6, 6.07) is 16.3. The third-order valence-corrected chi connectivity index (χ3v) is 3.75. The van der Waals surface area contributed by atoms with Crippen molar-refractivity contribution in [3.63, 3.8) is 0 Å². The average Bonchev–Trinajstić information content (AvgIpc) is 2.66. The van der Waals surface area contributed by atoms with Gasteiger partial charge in [0.05, 0.1) is 18.7 Å². The van der Waals surface area contributed by atoms with Crippen LogP contribution in [0.4, 0.5) is 0 Å². The van der Waals surface area contributed by atoms with Crippen LogP contribution in [0.25, 0.3) is 0 Å². The van der Waals surface area contributed by atoms with Gasteiger partial charge in [0.15, 0.2) is 6.61 Å². The van der Waals surface area contributed by atoms with Crippen LogP contribution in [0.1, 0.15) is 41.7 Å². The molecule has 0 saturated carbocycles. The van der Waals surface area contributed by atoms with E-state index in [2.05, 4.69) is 12.2 Å². The Balaban J connectivity index is 1.91. The third kappa shape index (κ3) is 5.64. The van der Waals surface area contributed by atoms with Crippen LogP contribution in [0.5, 0.6) is 5.75 Å². The van der Waals surface area contributed by atoms with Gasteiger partial charge in [-0.3, -0.25) is 4.79 Å². The summed E-state index contributed by atoms with van der Waals surface area (Å²) in [6.07, 6.45) is 1.75. The number of carbonyl (C=O) groups excluding carboxylic acids is 2. The second-order valence-electron chi connectivity index (χ2n) is 5.63. The second kappa shape index (κ2) is 9.47. The number of hydrogen-bond donors (Lipinski definition) is 1. The number of ether oxygens (including phenoxy) is 2. The van der Waals surface area contributed by atoms with E-state index in [-0.39, 0.29) is 18.6 Å². The van der Waals surface area contributed by atoms with Crippen molar-refractivity contribution >= 4 is 11.9 Å². The van der Waals surface area contributed by atoms with Crippen LogP contribution in [0.2, 0.25) is 0 Å². The maximum atomic E-state index is 12.1. The zero-order chi connectivity index (χ0) is 18.1. The maximum absolute atomic E-state index is 12.1. The van der Waals surface area contributed by atoms with E-state index in [1.807, 2.05) is 30.3 Å². The van der Waals surface area contributed by atoms with E-state index in [1.54, 1.807) is 24.3 Å². The van der Waals surface area contributed by atoms with E-state index in [1.165, 1.54) is 7.11 Å². The van der Waals surface area contributed by atoms with Gasteiger partial charge >= 0.3 is 5.97 Å². The van der Waals surface area contributed by atoms with Crippen LogP contribution < -0.4 is 10.1 Å². The molecule has 0 spiro atoms. The Morgan fingerprint density at radius 3 is 2.52 bits per heavy atom. The molecule has 0 unspecified atom stereocenters. The number of hydrogen-bond acceptors (Lipinski definition) is 4. The van der Waals surface area contributed by atoms with Crippen LogP contribution in [0, 0.1) is 0 Å². The lowest BCUT2D eigenvalue weighted by atomic mass is 10.0. The summed E-state index contributed by atoms with van der Waals surface area (Å²) >= 11 is 0. The topological polar surface area (TPSA) is 64.6 Å². The van der Waals surface area contributed by atoms with Gasteiger partial charge in [-0.2, -0.15) is 0 Å². The number of methoxy groups -OCH3 is 1. The minimum atomic E-state index is -0.555. The predicted molar refractivity (Wildman–Crippen MR) is 95.5 cm³/mol. The van der Waals surface area contributed by atoms with Crippen molar-refractivity contribution in [2.45, 2.75) is 25.8 Å². The van der Waals surface area contributed by atoms with E-state index >= 15 is 0 Å². The molecule has 2 aromatic rings. The van der Waals surface area contributed by atoms with E-state index in [9.17, 15) is 9.59 Å². The Labute approximate surface area is 148 Å². The first kappa shape index (κ1) is 18.5. The van der Waals surface area contributed by atoms with Gasteiger partial charge < -0.3 is 14.8 Å². The fourth-order valence-corrected chi connectivity index (χ4v) is 2.50. The number of esters is 1. The quantitative estimate of drug-likeness (QED) is 0.746. The summed E-state index contributed by atoms with van der Waals surface area (Å²) in [5.74, 6) is -0.314. The Morgan fingerprint density at radius 1 is 1.08 bits per heavy atom. The molecule has 1 amide bonds. The fourth-order valence-electron chi connectivity index (χ4n) is 2.50. The van der Waals surface area contributed by atoms with E-state index in [0.717, 1.165) is 18.4 Å². The molecule has 0 saturated heterocycles. The zero-order valence-corrected chi connectivity index (χ0v) is 14.5. The smallest absolute Gasteiger partial charge is 0.338 e. The van der Waals surface area contributed by atoms with Gasteiger partial charge in [0, 0.05) is 0 Å². The molecule has 132 valence electrons. The van der Waals surface area contributed by atoms with E-state index in [4.69, 9.17) is 9.47 Å². The van der Waals surface area contributed by atoms with E-state index in [0.29, 0.717) is 11.3 Å². The van der Waals surface area contributed by atoms with Crippen LogP contribution in [-0.2, 0) is 9.53 Å². The Bertz CT molecular complexity index is 700. The molecular formula is C20H23NO4. The lowest BCUT2D eigenvalue weighted by Crippen LogP contribution is -2.32. The highest BCUT2D eigenvalue weighted by Crippen LogP contribution is 2.18. The van der Waals surface area contributed by atoms with Gasteiger partial charge in [-0.25, -0.2) is 4.79 Å². The molecule has 0 radical (unpaired) electrons. The fraction of sp³-hybridized carbons (Fsp3) is 0.300. The van der Waals surface area contributed by atoms with Crippen molar-refractivity contribution in [3.8, 4) is 5.75 Å². The van der Waals surface area contributed by atoms with Crippen LogP contribution in [-0.4, -0.2) is 25.6 Å².